The molecule has 0 N–H and O–H groups in total. The lowest BCUT2D eigenvalue weighted by atomic mass is 9.86. The molecular formula is C28H29F3NO6S-. The zero-order chi connectivity index (χ0) is 27.8. The fourth-order valence-corrected chi connectivity index (χ4v) is 5.89. The first-order valence-corrected chi connectivity index (χ1v) is 13.1. The number of hydrogen-bond acceptors (Lipinski definition) is 6. The van der Waals surface area contributed by atoms with Gasteiger partial charge in [-0.15, -0.1) is 0 Å². The zero-order valence-corrected chi connectivity index (χ0v) is 21.6. The van der Waals surface area contributed by atoms with Gasteiger partial charge in [0.25, 0.3) is 10.0 Å². The molecular weight excluding hydrogens is 535 g/mol. The third kappa shape index (κ3) is 6.47. The smallest absolute Gasteiger partial charge is 0.387 e. The van der Waals surface area contributed by atoms with E-state index in [1.807, 2.05) is 0 Å². The number of hydrogen-bond donors (Lipinski definition) is 0. The second kappa shape index (κ2) is 11.2. The van der Waals surface area contributed by atoms with E-state index in [9.17, 15) is 31.5 Å². The number of aryl methyl sites for hydroxylation is 1. The maximum Gasteiger partial charge on any atom is 0.387 e. The van der Waals surface area contributed by atoms with Crippen LogP contribution in [0, 0.1) is 18.2 Å². The van der Waals surface area contributed by atoms with E-state index < -0.39 is 45.7 Å². The minimum atomic E-state index is -4.15. The molecule has 3 aromatic rings. The molecule has 1 atom stereocenters. The maximum atomic E-state index is 14.2. The molecule has 210 valence electrons. The van der Waals surface area contributed by atoms with Gasteiger partial charge in [0.15, 0.2) is 0 Å². The van der Waals surface area contributed by atoms with Crippen molar-refractivity contribution in [2.24, 2.45) is 5.41 Å². The standard InChI is InChI=1S/C27H26F3NO6S.CH4/c1-16-5-4-6-22(9-16)38(34,35)31-15-21(14-27(2,3)25(32)33)36-24-8-7-17(12-23(24)31)18-10-19(28)13-20(11-18)37-26(29)30;/h4-13,21,26H,14-15H2,1-3H3,(H,32,33);1H4/p-1/t21-;/m0./s1. The number of ether oxygens (including phenoxy) is 2. The Hall–Kier alpha value is -3.73. The fourth-order valence-electron chi connectivity index (χ4n) is 4.28. The summed E-state index contributed by atoms with van der Waals surface area (Å²) < 4.78 is 78.7. The van der Waals surface area contributed by atoms with Gasteiger partial charge in [-0.1, -0.05) is 39.5 Å². The molecule has 11 heteroatoms. The van der Waals surface area contributed by atoms with E-state index in [2.05, 4.69) is 4.74 Å². The van der Waals surface area contributed by atoms with Crippen molar-refractivity contribution in [3.8, 4) is 22.6 Å². The first-order chi connectivity index (χ1) is 17.8. The van der Waals surface area contributed by atoms with Crippen LogP contribution in [0.15, 0.2) is 65.6 Å². The van der Waals surface area contributed by atoms with Crippen molar-refractivity contribution in [1.82, 2.24) is 0 Å². The van der Waals surface area contributed by atoms with Crippen molar-refractivity contribution in [3.63, 3.8) is 0 Å². The number of rotatable bonds is 8. The number of carboxylic acid groups (broad SMARTS) is 1. The largest absolute Gasteiger partial charge is 0.550 e. The summed E-state index contributed by atoms with van der Waals surface area (Å²) in [6.45, 7) is 1.32. The highest BCUT2D eigenvalue weighted by Gasteiger charge is 2.37. The molecule has 0 spiro atoms. The molecule has 0 radical (unpaired) electrons. The molecule has 7 nitrogen and oxygen atoms in total. The summed E-state index contributed by atoms with van der Waals surface area (Å²) in [4.78, 5) is 11.6. The molecule has 3 aromatic carbocycles. The molecule has 0 aromatic heterocycles. The van der Waals surface area contributed by atoms with Crippen LogP contribution < -0.4 is 18.9 Å². The maximum absolute atomic E-state index is 14.2. The van der Waals surface area contributed by atoms with Crippen LogP contribution in [-0.2, 0) is 14.8 Å². The Labute approximate surface area is 225 Å². The molecule has 0 aliphatic carbocycles. The molecule has 1 aliphatic rings. The molecule has 39 heavy (non-hydrogen) atoms. The molecule has 0 saturated carbocycles. The number of alkyl halides is 2. The van der Waals surface area contributed by atoms with Gasteiger partial charge in [0.2, 0.25) is 0 Å². The molecule has 1 aliphatic heterocycles. The average Bonchev–Trinajstić information content (AvgIpc) is 2.82. The van der Waals surface area contributed by atoms with Crippen molar-refractivity contribution in [1.29, 1.82) is 0 Å². The van der Waals surface area contributed by atoms with Crippen molar-refractivity contribution < 1.29 is 41.0 Å². The van der Waals surface area contributed by atoms with Crippen molar-refractivity contribution in [3.05, 3.63) is 72.0 Å². The second-order valence-electron chi connectivity index (χ2n) is 9.70. The van der Waals surface area contributed by atoms with Gasteiger partial charge in [-0.05, 0) is 66.4 Å². The summed E-state index contributed by atoms with van der Waals surface area (Å²) in [5.41, 5.74) is 0.0469. The Morgan fingerprint density at radius 2 is 1.85 bits per heavy atom. The number of halogens is 3. The number of anilines is 1. The number of carboxylic acids is 1. The van der Waals surface area contributed by atoms with E-state index in [4.69, 9.17) is 4.74 Å². The van der Waals surface area contributed by atoms with Crippen LogP contribution in [0.4, 0.5) is 18.9 Å². The van der Waals surface area contributed by atoms with E-state index >= 15 is 0 Å². The first-order valence-electron chi connectivity index (χ1n) is 11.6. The van der Waals surface area contributed by atoms with E-state index in [-0.39, 0.29) is 42.3 Å². The number of nitrogens with zero attached hydrogens (tertiary/aromatic N) is 1. The van der Waals surface area contributed by atoms with E-state index in [1.54, 1.807) is 19.1 Å². The topological polar surface area (TPSA) is 96.0 Å². The van der Waals surface area contributed by atoms with E-state index in [1.165, 1.54) is 50.2 Å². The van der Waals surface area contributed by atoms with Gasteiger partial charge < -0.3 is 19.4 Å². The molecule has 0 amide bonds. The Balaban J connectivity index is 0.00000420. The molecule has 0 bridgehead atoms. The van der Waals surface area contributed by atoms with Crippen LogP contribution in [0.1, 0.15) is 33.3 Å². The first kappa shape index (κ1) is 29.8. The Bertz CT molecular complexity index is 1480. The quantitative estimate of drug-likeness (QED) is 0.375. The van der Waals surface area contributed by atoms with Crippen molar-refractivity contribution >= 4 is 21.7 Å². The minimum Gasteiger partial charge on any atom is -0.550 e. The van der Waals surface area contributed by atoms with Gasteiger partial charge in [0.1, 0.15) is 23.4 Å². The number of aliphatic carboxylic acids is 1. The molecule has 0 unspecified atom stereocenters. The third-order valence-corrected chi connectivity index (χ3v) is 7.96. The molecule has 4 rings (SSSR count). The zero-order valence-electron chi connectivity index (χ0n) is 20.8. The highest BCUT2D eigenvalue weighted by Crippen LogP contribution is 2.42. The lowest BCUT2D eigenvalue weighted by molar-refractivity contribution is -0.318. The Kier molecular flexibility index (Phi) is 8.54. The number of sulfonamides is 1. The fraction of sp³-hybridized carbons (Fsp3) is 0.321. The summed E-state index contributed by atoms with van der Waals surface area (Å²) in [6.07, 6.45) is -0.852. The molecule has 0 saturated heterocycles. The molecule has 1 heterocycles. The minimum absolute atomic E-state index is 0. The number of carbonyl (C=O) groups is 1. The van der Waals surface area contributed by atoms with Gasteiger partial charge in [0.05, 0.1) is 17.1 Å². The van der Waals surface area contributed by atoms with Crippen LogP contribution in [0.5, 0.6) is 11.5 Å². The van der Waals surface area contributed by atoms with Gasteiger partial charge in [-0.2, -0.15) is 8.78 Å². The van der Waals surface area contributed by atoms with Crippen molar-refractivity contribution in [2.75, 3.05) is 10.8 Å². The second-order valence-corrected chi connectivity index (χ2v) is 11.6. The highest BCUT2D eigenvalue weighted by molar-refractivity contribution is 7.92. The van der Waals surface area contributed by atoms with Crippen molar-refractivity contribution in [2.45, 2.75) is 52.2 Å². The molecule has 0 fully saturated rings. The summed E-state index contributed by atoms with van der Waals surface area (Å²) in [5.74, 6) is -2.35. The van der Waals surface area contributed by atoms with Crippen LogP contribution >= 0.6 is 0 Å². The van der Waals surface area contributed by atoms with Gasteiger partial charge in [-0.3, -0.25) is 4.31 Å². The van der Waals surface area contributed by atoms with Gasteiger partial charge in [0, 0.05) is 17.5 Å². The normalized spacial score (nSPS) is 15.3. The lowest BCUT2D eigenvalue weighted by Crippen LogP contribution is -2.48. The van der Waals surface area contributed by atoms with Crippen LogP contribution in [-0.4, -0.2) is 33.6 Å². The number of fused-ring (bicyclic) bond motifs is 1. The SMILES string of the molecule is C.Cc1cccc(S(=O)(=O)N2C[C@H](CC(C)(C)C(=O)[O-])Oc3ccc(-c4cc(F)cc(OC(F)F)c4)cc32)c1. The van der Waals surface area contributed by atoms with Gasteiger partial charge in [-0.25, -0.2) is 12.8 Å². The lowest BCUT2D eigenvalue weighted by Gasteiger charge is -2.39. The van der Waals surface area contributed by atoms with E-state index in [0.717, 1.165) is 16.4 Å². The third-order valence-electron chi connectivity index (χ3n) is 6.19. The Morgan fingerprint density at radius 1 is 1.13 bits per heavy atom. The van der Waals surface area contributed by atoms with Gasteiger partial charge >= 0.3 is 6.61 Å². The summed E-state index contributed by atoms with van der Waals surface area (Å²) in [7, 11) is -4.15. The van der Waals surface area contributed by atoms with Crippen LogP contribution in [0.3, 0.4) is 0 Å². The number of carbonyl (C=O) groups excluding carboxylic acids is 1. The number of benzene rings is 3. The Morgan fingerprint density at radius 3 is 2.49 bits per heavy atom. The summed E-state index contributed by atoms with van der Waals surface area (Å²) in [6, 6.07) is 13.9. The summed E-state index contributed by atoms with van der Waals surface area (Å²) >= 11 is 0. The van der Waals surface area contributed by atoms with Crippen LogP contribution in [0.2, 0.25) is 0 Å². The summed E-state index contributed by atoms with van der Waals surface area (Å²) in [5, 5.41) is 11.6. The predicted octanol–water partition coefficient (Wildman–Crippen LogP) is 5.16. The predicted molar refractivity (Wildman–Crippen MR) is 139 cm³/mol. The highest BCUT2D eigenvalue weighted by atomic mass is 32.2. The van der Waals surface area contributed by atoms with Crippen LogP contribution in [0.25, 0.3) is 11.1 Å². The van der Waals surface area contributed by atoms with E-state index in [0.29, 0.717) is 11.1 Å². The monoisotopic (exact) mass is 564 g/mol. The average molecular weight is 565 g/mol.